The largest absolute Gasteiger partial charge is 0.458 e. The number of amides is 1. The number of carbonyl (C=O) groups excluding carboxylic acids is 4. The molecule has 3 fully saturated rings. The first kappa shape index (κ1) is 45.0. The zero-order valence-electron chi connectivity index (χ0n) is 35.7. The summed E-state index contributed by atoms with van der Waals surface area (Å²) in [6, 6.07) is 4.39. The second-order valence-corrected chi connectivity index (χ2v) is 16.8. The Kier molecular flexibility index (Phi) is 14.3. The molecule has 320 valence electrons. The van der Waals surface area contributed by atoms with Crippen LogP contribution in [0, 0.1) is 23.7 Å². The Hall–Kier alpha value is -4.09. The molecular weight excluding hydrogens is 748 g/mol. The second-order valence-electron chi connectivity index (χ2n) is 16.8. The van der Waals surface area contributed by atoms with E-state index >= 15 is 0 Å². The monoisotopic (exact) mass is 810 g/mol. The molecule has 2 aromatic heterocycles. The maximum absolute atomic E-state index is 14.7. The lowest BCUT2D eigenvalue weighted by Crippen LogP contribution is -2.60. The first-order chi connectivity index (χ1) is 27.4. The van der Waals surface area contributed by atoms with Crippen molar-refractivity contribution in [3.05, 3.63) is 42.7 Å². The van der Waals surface area contributed by atoms with E-state index in [1.165, 1.54) is 18.9 Å². The SMILES string of the molecule is CC[C@H]1OC(=O)[C@H](C)C(=O)[C@H](C)[C@@H](O[C@@H]2O[C@H](C)CC(N(C)C)C2O)[C@](C)(OC)C[C@@H](C)C(=O)[C@H](C)[C@H]2N(C/C=C/Cn3cc(-c4ccccn4)nn3)C(=O)O[C@]12C. The maximum atomic E-state index is 14.7. The Balaban J connectivity index is 1.46. The smallest absolute Gasteiger partial charge is 0.411 e. The van der Waals surface area contributed by atoms with Crippen molar-refractivity contribution in [2.45, 2.75) is 135 Å². The quantitative estimate of drug-likeness (QED) is 0.206. The molecular formula is C42H62N6O10. The van der Waals surface area contributed by atoms with E-state index in [1.54, 1.807) is 64.7 Å². The van der Waals surface area contributed by atoms with E-state index in [4.69, 9.17) is 23.7 Å². The molecule has 0 saturated carbocycles. The van der Waals surface area contributed by atoms with Gasteiger partial charge in [0.05, 0.1) is 42.3 Å². The normalized spacial score (nSPS) is 36.8. The van der Waals surface area contributed by atoms with Gasteiger partial charge < -0.3 is 33.7 Å². The summed E-state index contributed by atoms with van der Waals surface area (Å²) in [5.41, 5.74) is -1.42. The van der Waals surface area contributed by atoms with Crippen molar-refractivity contribution in [2.75, 3.05) is 27.7 Å². The molecule has 0 aromatic carbocycles. The summed E-state index contributed by atoms with van der Waals surface area (Å²) in [6.45, 7) is 14.3. The van der Waals surface area contributed by atoms with Crippen molar-refractivity contribution in [2.24, 2.45) is 23.7 Å². The maximum Gasteiger partial charge on any atom is 0.411 e. The highest BCUT2D eigenvalue weighted by atomic mass is 16.7. The third-order valence-electron chi connectivity index (χ3n) is 12.4. The number of hydrogen-bond donors (Lipinski definition) is 1. The number of nitrogens with zero attached hydrogens (tertiary/aromatic N) is 6. The van der Waals surface area contributed by atoms with Gasteiger partial charge >= 0.3 is 12.1 Å². The third-order valence-corrected chi connectivity index (χ3v) is 12.4. The van der Waals surface area contributed by atoms with Crippen molar-refractivity contribution in [1.82, 2.24) is 29.8 Å². The van der Waals surface area contributed by atoms with Gasteiger partial charge in [-0.15, -0.1) is 5.10 Å². The van der Waals surface area contributed by atoms with Gasteiger partial charge in [0.1, 0.15) is 29.6 Å². The van der Waals surface area contributed by atoms with Crippen molar-refractivity contribution < 1.29 is 48.0 Å². The third kappa shape index (κ3) is 9.20. The average Bonchev–Trinajstić information content (AvgIpc) is 3.78. The van der Waals surface area contributed by atoms with Crippen molar-refractivity contribution >= 4 is 23.6 Å². The van der Waals surface area contributed by atoms with E-state index in [9.17, 15) is 24.3 Å². The van der Waals surface area contributed by atoms with E-state index in [0.29, 0.717) is 24.4 Å². The van der Waals surface area contributed by atoms with E-state index in [1.807, 2.05) is 50.2 Å². The number of likely N-dealkylation sites (N-methyl/N-ethyl adjacent to an activating group) is 1. The van der Waals surface area contributed by atoms with Gasteiger partial charge in [-0.1, -0.05) is 51.1 Å². The lowest BCUT2D eigenvalue weighted by Gasteiger charge is -2.47. The number of rotatable bonds is 10. The molecule has 13 atom stereocenters. The number of carbonyl (C=O) groups is 4. The number of pyridine rings is 1. The van der Waals surface area contributed by atoms with Gasteiger partial charge in [-0.3, -0.25) is 24.3 Å². The van der Waals surface area contributed by atoms with Crippen molar-refractivity contribution in [3.63, 3.8) is 0 Å². The molecule has 3 aliphatic rings. The molecule has 2 aromatic rings. The topological polar surface area (TPSA) is 185 Å². The summed E-state index contributed by atoms with van der Waals surface area (Å²) < 4.78 is 32.7. The van der Waals surface area contributed by atoms with Crippen molar-refractivity contribution in [3.8, 4) is 11.4 Å². The van der Waals surface area contributed by atoms with Gasteiger partial charge in [0, 0.05) is 43.6 Å². The summed E-state index contributed by atoms with van der Waals surface area (Å²) in [4.78, 5) is 64.4. The van der Waals surface area contributed by atoms with Crippen LogP contribution in [0.5, 0.6) is 0 Å². The predicted octanol–water partition coefficient (Wildman–Crippen LogP) is 4.10. The number of aliphatic hydroxyl groups excluding tert-OH is 1. The van der Waals surface area contributed by atoms with Crippen LogP contribution >= 0.6 is 0 Å². The zero-order chi connectivity index (χ0) is 42.7. The predicted molar refractivity (Wildman–Crippen MR) is 212 cm³/mol. The van der Waals surface area contributed by atoms with Gasteiger partial charge in [-0.05, 0) is 73.2 Å². The lowest BCUT2D eigenvalue weighted by atomic mass is 9.73. The first-order valence-corrected chi connectivity index (χ1v) is 20.3. The van der Waals surface area contributed by atoms with E-state index in [0.717, 1.165) is 0 Å². The van der Waals surface area contributed by atoms with Crippen LogP contribution in [-0.4, -0.2) is 140 Å². The fourth-order valence-electron chi connectivity index (χ4n) is 9.06. The Morgan fingerprint density at radius 2 is 1.71 bits per heavy atom. The zero-order valence-corrected chi connectivity index (χ0v) is 35.7. The highest BCUT2D eigenvalue weighted by molar-refractivity contribution is 6.00. The van der Waals surface area contributed by atoms with E-state index in [-0.39, 0.29) is 37.3 Å². The summed E-state index contributed by atoms with van der Waals surface area (Å²) in [6.07, 6.45) is 2.83. The number of ether oxygens (including phenoxy) is 5. The summed E-state index contributed by atoms with van der Waals surface area (Å²) in [5, 5.41) is 19.8. The number of fused-ring (bicyclic) bond motifs is 1. The standard InChI is InChI=1S/C42H62N6O10/c1-12-32-42(8)36(48(40(53)58-42)20-16-15-19-47-23-30(44-45-47)29-17-13-14-18-43-29)26(4)33(49)24(2)22-41(7,54-11)37(27(5)34(50)28(6)38(52)56-32)57-39-35(51)31(46(9)10)21-25(3)55-39/h13-18,23-28,31-32,35-37,39,51H,12,19-22H2,1-11H3/b16-15+/t24-,25-,26+,27+,28-,31?,32-,35?,36-,37-,39+,41-,42-/m1/s1. The van der Waals surface area contributed by atoms with Gasteiger partial charge in [0.15, 0.2) is 17.7 Å². The van der Waals surface area contributed by atoms with Gasteiger partial charge in [0.25, 0.3) is 0 Å². The van der Waals surface area contributed by atoms with E-state index < -0.39 is 83.4 Å². The number of hydrogen-bond acceptors (Lipinski definition) is 14. The number of allylic oxidation sites excluding steroid dienone is 1. The van der Waals surface area contributed by atoms with Crippen LogP contribution in [0.2, 0.25) is 0 Å². The molecule has 2 unspecified atom stereocenters. The first-order valence-electron chi connectivity index (χ1n) is 20.3. The molecule has 3 saturated heterocycles. The van der Waals surface area contributed by atoms with Gasteiger partial charge in [-0.25, -0.2) is 9.48 Å². The highest BCUT2D eigenvalue weighted by Gasteiger charge is 2.60. The average molecular weight is 811 g/mol. The Bertz CT molecular complexity index is 1790. The van der Waals surface area contributed by atoms with E-state index in [2.05, 4.69) is 15.3 Å². The molecule has 0 bridgehead atoms. The number of aliphatic hydroxyl groups is 1. The van der Waals surface area contributed by atoms with Crippen LogP contribution in [0.3, 0.4) is 0 Å². The molecule has 5 heterocycles. The number of ketones is 2. The number of Topliss-reactive ketones (excluding diaryl/α,β-unsaturated/α-hetero) is 2. The Morgan fingerprint density at radius 1 is 1.00 bits per heavy atom. The number of cyclic esters (lactones) is 1. The minimum Gasteiger partial charge on any atom is -0.458 e. The van der Waals surface area contributed by atoms with Crippen LogP contribution in [0.15, 0.2) is 42.7 Å². The summed E-state index contributed by atoms with van der Waals surface area (Å²) >= 11 is 0. The van der Waals surface area contributed by atoms with Gasteiger partial charge in [-0.2, -0.15) is 0 Å². The lowest BCUT2D eigenvalue weighted by molar-refractivity contribution is -0.295. The second kappa shape index (κ2) is 18.4. The van der Waals surface area contributed by atoms with Crippen LogP contribution in [0.25, 0.3) is 11.4 Å². The molecule has 0 spiro atoms. The fraction of sp³-hybridized carbons (Fsp3) is 0.690. The summed E-state index contributed by atoms with van der Waals surface area (Å²) in [7, 11) is 5.22. The summed E-state index contributed by atoms with van der Waals surface area (Å²) in [5.74, 6) is -5.13. The number of methoxy groups -OCH3 is 1. The van der Waals surface area contributed by atoms with Crippen LogP contribution in [0.1, 0.15) is 74.7 Å². The molecule has 0 radical (unpaired) electrons. The Morgan fingerprint density at radius 3 is 2.34 bits per heavy atom. The fourth-order valence-corrected chi connectivity index (χ4v) is 9.06. The van der Waals surface area contributed by atoms with Crippen LogP contribution in [-0.2, 0) is 44.6 Å². The minimum atomic E-state index is -1.45. The molecule has 58 heavy (non-hydrogen) atoms. The highest BCUT2D eigenvalue weighted by Crippen LogP contribution is 2.43. The van der Waals surface area contributed by atoms with Crippen LogP contribution < -0.4 is 0 Å². The number of esters is 1. The minimum absolute atomic E-state index is 0.0887. The molecule has 1 amide bonds. The molecule has 0 aliphatic carbocycles. The molecule has 1 N–H and O–H groups in total. The molecule has 3 aliphatic heterocycles. The molecule has 5 rings (SSSR count). The van der Waals surface area contributed by atoms with Crippen LogP contribution in [0.4, 0.5) is 4.79 Å². The Labute approximate surface area is 341 Å². The molecule has 16 nitrogen and oxygen atoms in total. The van der Waals surface area contributed by atoms with Crippen molar-refractivity contribution in [1.29, 1.82) is 0 Å². The van der Waals surface area contributed by atoms with Gasteiger partial charge in [0.2, 0.25) is 0 Å². The number of aromatic nitrogens is 4. The molecule has 16 heteroatoms.